The van der Waals surface area contributed by atoms with Crippen molar-refractivity contribution in [1.29, 1.82) is 0 Å². The summed E-state index contributed by atoms with van der Waals surface area (Å²) < 4.78 is 12.6. The molecule has 5 heteroatoms. The van der Waals surface area contributed by atoms with Gasteiger partial charge in [-0.15, -0.1) is 12.4 Å². The van der Waals surface area contributed by atoms with Crippen molar-refractivity contribution in [2.75, 3.05) is 13.1 Å². The van der Waals surface area contributed by atoms with Gasteiger partial charge in [-0.25, -0.2) is 0 Å². The molecular formula is C14H29BClNO2. The summed E-state index contributed by atoms with van der Waals surface area (Å²) in [6, 6.07) is 0. The first kappa shape index (κ1) is 17.3. The summed E-state index contributed by atoms with van der Waals surface area (Å²) in [6.07, 6.45) is 1.12. The number of hydrogen-bond acceptors (Lipinski definition) is 3. The molecule has 0 aromatic rings. The van der Waals surface area contributed by atoms with E-state index in [1.165, 1.54) is 0 Å². The molecule has 2 saturated heterocycles. The molecular weight excluding hydrogens is 260 g/mol. The van der Waals surface area contributed by atoms with E-state index in [2.05, 4.69) is 53.8 Å². The second-order valence-electron chi connectivity index (χ2n) is 7.92. The summed E-state index contributed by atoms with van der Waals surface area (Å²) >= 11 is 0. The standard InChI is InChI=1S/C14H28BNO2.ClH/c1-11(2,3)14(8-9-16-10-14)15-17-12(4,5)13(6,7)18-15;/h16H,8-10H2,1-7H3;1H. The lowest BCUT2D eigenvalue weighted by molar-refractivity contribution is 0.00578. The van der Waals surface area contributed by atoms with Crippen LogP contribution in [-0.4, -0.2) is 31.4 Å². The predicted molar refractivity (Wildman–Crippen MR) is 83.0 cm³/mol. The first-order valence-corrected chi connectivity index (χ1v) is 7.08. The van der Waals surface area contributed by atoms with Crippen LogP contribution in [0.3, 0.4) is 0 Å². The van der Waals surface area contributed by atoms with Crippen LogP contribution >= 0.6 is 12.4 Å². The normalized spacial score (nSPS) is 33.3. The predicted octanol–water partition coefficient (Wildman–Crippen LogP) is 3.28. The van der Waals surface area contributed by atoms with Gasteiger partial charge in [0.15, 0.2) is 0 Å². The fourth-order valence-corrected chi connectivity index (χ4v) is 2.97. The highest BCUT2D eigenvalue weighted by Gasteiger charge is 2.63. The highest BCUT2D eigenvalue weighted by Crippen LogP contribution is 2.57. The summed E-state index contributed by atoms with van der Waals surface area (Å²) in [7, 11) is -0.113. The molecule has 1 atom stereocenters. The van der Waals surface area contributed by atoms with Gasteiger partial charge in [0, 0.05) is 5.31 Å². The molecule has 0 radical (unpaired) electrons. The first-order valence-electron chi connectivity index (χ1n) is 7.08. The second kappa shape index (κ2) is 4.90. The van der Waals surface area contributed by atoms with E-state index < -0.39 is 0 Å². The Bertz CT molecular complexity index is 317. The SMILES string of the molecule is CC(C)(C)C1(B2OC(C)(C)C(C)(C)O2)CCNC1.Cl. The lowest BCUT2D eigenvalue weighted by Gasteiger charge is -2.42. The van der Waals surface area contributed by atoms with Gasteiger partial charge in [-0.1, -0.05) is 20.8 Å². The zero-order valence-electron chi connectivity index (χ0n) is 13.4. The van der Waals surface area contributed by atoms with Crippen molar-refractivity contribution in [3.63, 3.8) is 0 Å². The summed E-state index contributed by atoms with van der Waals surface area (Å²) in [5.74, 6) is 0. The number of rotatable bonds is 1. The molecule has 2 heterocycles. The molecule has 2 fully saturated rings. The molecule has 0 bridgehead atoms. The summed E-state index contributed by atoms with van der Waals surface area (Å²) in [5.41, 5.74) is -0.311. The van der Waals surface area contributed by atoms with Crippen LogP contribution in [0.15, 0.2) is 0 Å². The molecule has 0 aliphatic carbocycles. The van der Waals surface area contributed by atoms with Crippen molar-refractivity contribution in [3.8, 4) is 0 Å². The fourth-order valence-electron chi connectivity index (χ4n) is 2.97. The minimum atomic E-state index is -0.238. The third kappa shape index (κ3) is 2.57. The van der Waals surface area contributed by atoms with E-state index in [0.29, 0.717) is 0 Å². The van der Waals surface area contributed by atoms with Crippen LogP contribution in [-0.2, 0) is 9.31 Å². The van der Waals surface area contributed by atoms with Gasteiger partial charge in [0.1, 0.15) is 0 Å². The molecule has 2 rings (SSSR count). The number of nitrogens with one attached hydrogen (secondary N) is 1. The molecule has 0 saturated carbocycles. The number of hydrogen-bond donors (Lipinski definition) is 1. The summed E-state index contributed by atoms with van der Waals surface area (Å²) in [5, 5.41) is 3.56. The van der Waals surface area contributed by atoms with Gasteiger partial charge in [0.05, 0.1) is 11.2 Å². The molecule has 0 spiro atoms. The molecule has 3 nitrogen and oxygen atoms in total. The summed E-state index contributed by atoms with van der Waals surface area (Å²) in [6.45, 7) is 17.4. The van der Waals surface area contributed by atoms with Crippen LogP contribution in [0.2, 0.25) is 5.31 Å². The van der Waals surface area contributed by atoms with Crippen molar-refractivity contribution < 1.29 is 9.31 Å². The van der Waals surface area contributed by atoms with E-state index in [4.69, 9.17) is 9.31 Å². The largest absolute Gasteiger partial charge is 0.466 e. The average Bonchev–Trinajstić information content (AvgIpc) is 2.69. The molecule has 19 heavy (non-hydrogen) atoms. The molecule has 1 N–H and O–H groups in total. The molecule has 0 aromatic heterocycles. The first-order chi connectivity index (χ1) is 8.02. The number of halogens is 1. The molecule has 1 unspecified atom stereocenters. The topological polar surface area (TPSA) is 30.5 Å². The zero-order valence-corrected chi connectivity index (χ0v) is 14.2. The van der Waals surface area contributed by atoms with Gasteiger partial charge in [-0.2, -0.15) is 0 Å². The van der Waals surface area contributed by atoms with E-state index in [0.717, 1.165) is 19.5 Å². The Morgan fingerprint density at radius 3 is 1.79 bits per heavy atom. The quantitative estimate of drug-likeness (QED) is 0.752. The van der Waals surface area contributed by atoms with Gasteiger partial charge < -0.3 is 14.6 Å². The van der Waals surface area contributed by atoms with Crippen molar-refractivity contribution in [3.05, 3.63) is 0 Å². The second-order valence-corrected chi connectivity index (χ2v) is 7.92. The van der Waals surface area contributed by atoms with Crippen LogP contribution in [0.1, 0.15) is 54.9 Å². The Morgan fingerprint density at radius 2 is 1.47 bits per heavy atom. The van der Waals surface area contributed by atoms with E-state index in [9.17, 15) is 0 Å². The maximum Gasteiger partial charge on any atom is 0.466 e. The lowest BCUT2D eigenvalue weighted by Crippen LogP contribution is -2.46. The highest BCUT2D eigenvalue weighted by molar-refractivity contribution is 6.50. The van der Waals surface area contributed by atoms with Crippen LogP contribution in [0.5, 0.6) is 0 Å². The maximum absolute atomic E-state index is 6.32. The van der Waals surface area contributed by atoms with E-state index in [-0.39, 0.29) is 41.5 Å². The Kier molecular flexibility index (Phi) is 4.46. The Labute approximate surface area is 124 Å². The zero-order chi connectivity index (χ0) is 13.8. The van der Waals surface area contributed by atoms with Gasteiger partial charge in [-0.3, -0.25) is 0 Å². The molecule has 2 aliphatic rings. The van der Waals surface area contributed by atoms with Crippen molar-refractivity contribution in [1.82, 2.24) is 5.32 Å². The van der Waals surface area contributed by atoms with Crippen molar-refractivity contribution in [2.45, 2.75) is 71.4 Å². The molecule has 112 valence electrons. The van der Waals surface area contributed by atoms with E-state index >= 15 is 0 Å². The summed E-state index contributed by atoms with van der Waals surface area (Å²) in [4.78, 5) is 0. The average molecular weight is 290 g/mol. The minimum absolute atomic E-state index is 0. The van der Waals surface area contributed by atoms with Crippen LogP contribution in [0.25, 0.3) is 0 Å². The van der Waals surface area contributed by atoms with Crippen molar-refractivity contribution >= 4 is 19.5 Å². The highest BCUT2D eigenvalue weighted by atomic mass is 35.5. The maximum atomic E-state index is 6.32. The lowest BCUT2D eigenvalue weighted by atomic mass is 9.46. The minimum Gasteiger partial charge on any atom is -0.403 e. The van der Waals surface area contributed by atoms with E-state index in [1.807, 2.05) is 0 Å². The van der Waals surface area contributed by atoms with Crippen molar-refractivity contribution in [2.24, 2.45) is 5.41 Å². The van der Waals surface area contributed by atoms with Crippen LogP contribution in [0, 0.1) is 5.41 Å². The fraction of sp³-hybridized carbons (Fsp3) is 1.00. The van der Waals surface area contributed by atoms with Gasteiger partial charge in [-0.05, 0) is 52.6 Å². The van der Waals surface area contributed by atoms with Gasteiger partial charge in [0.2, 0.25) is 0 Å². The van der Waals surface area contributed by atoms with E-state index in [1.54, 1.807) is 0 Å². The Balaban J connectivity index is 0.00000180. The monoisotopic (exact) mass is 289 g/mol. The third-order valence-corrected chi connectivity index (χ3v) is 5.39. The third-order valence-electron chi connectivity index (χ3n) is 5.39. The smallest absolute Gasteiger partial charge is 0.403 e. The van der Waals surface area contributed by atoms with Gasteiger partial charge in [0.25, 0.3) is 0 Å². The van der Waals surface area contributed by atoms with Crippen LogP contribution < -0.4 is 5.32 Å². The van der Waals surface area contributed by atoms with Gasteiger partial charge >= 0.3 is 7.12 Å². The Hall–Kier alpha value is 0.235. The molecule has 2 aliphatic heterocycles. The Morgan fingerprint density at radius 1 is 1.00 bits per heavy atom. The molecule has 0 aromatic carbocycles. The molecule has 0 amide bonds. The van der Waals surface area contributed by atoms with Crippen LogP contribution in [0.4, 0.5) is 0 Å².